The normalized spacial score (nSPS) is 13.9. The number of hydrogen-bond donors (Lipinski definition) is 0. The summed E-state index contributed by atoms with van der Waals surface area (Å²) in [5.41, 5.74) is 6.36. The topological polar surface area (TPSA) is 17.8 Å². The summed E-state index contributed by atoms with van der Waals surface area (Å²) in [5.74, 6) is 0.928. The van der Waals surface area contributed by atoms with Crippen molar-refractivity contribution in [2.45, 2.75) is 13.3 Å². The van der Waals surface area contributed by atoms with Crippen LogP contribution in [0.3, 0.4) is 0 Å². The number of rotatable bonds is 5. The van der Waals surface area contributed by atoms with Gasteiger partial charge in [-0.05, 0) is 113 Å². The summed E-state index contributed by atoms with van der Waals surface area (Å²) in [6.07, 6.45) is 0.733. The summed E-state index contributed by atoms with van der Waals surface area (Å²) in [5, 5.41) is 4.34. The van der Waals surface area contributed by atoms with Crippen molar-refractivity contribution in [3.63, 3.8) is 0 Å². The van der Waals surface area contributed by atoms with E-state index in [0.29, 0.717) is 22.3 Å². The van der Waals surface area contributed by atoms with Crippen molar-refractivity contribution in [2.24, 2.45) is 0 Å². The van der Waals surface area contributed by atoms with Crippen molar-refractivity contribution in [2.75, 3.05) is 0 Å². The van der Waals surface area contributed by atoms with Crippen molar-refractivity contribution in [3.05, 3.63) is 182 Å². The fourth-order valence-electron chi connectivity index (χ4n) is 7.72. The molecule has 0 aliphatic rings. The van der Waals surface area contributed by atoms with Gasteiger partial charge in [0.2, 0.25) is 0 Å². The third-order valence-corrected chi connectivity index (χ3v) is 9.95. The van der Waals surface area contributed by atoms with E-state index in [-0.39, 0.29) is 45.7 Å². The Kier molecular flexibility index (Phi) is 5.16. The predicted octanol–water partition coefficient (Wildman–Crippen LogP) is 13.2. The maximum atomic E-state index is 9.51. The van der Waals surface area contributed by atoms with Gasteiger partial charge >= 0.3 is 0 Å². The SMILES string of the molecule is [2H]c1c([2H])c([2H])c2c(-c3cc4ccccc4c4ccccc34)c3c([2H])c([2H])c([2H])c([2H])c3c(-c3cccc(-c4cccc(-n5c(CC)nc6ccccc65)c4)c3)c2c1[2H]. The Hall–Kier alpha value is -6.51. The molecular formula is C49H34N2. The molecule has 1 aromatic heterocycles. The van der Waals surface area contributed by atoms with E-state index in [0.717, 1.165) is 61.6 Å². The first kappa shape index (κ1) is 22.3. The molecule has 0 saturated carbocycles. The third kappa shape index (κ3) is 4.68. The smallest absolute Gasteiger partial charge is 0.114 e. The molecule has 0 radical (unpaired) electrons. The minimum absolute atomic E-state index is 0.184. The molecule has 0 aliphatic heterocycles. The lowest BCUT2D eigenvalue weighted by Gasteiger charge is -2.20. The zero-order valence-corrected chi connectivity index (χ0v) is 27.7. The van der Waals surface area contributed by atoms with Crippen LogP contribution < -0.4 is 0 Å². The van der Waals surface area contributed by atoms with E-state index in [9.17, 15) is 5.48 Å². The van der Waals surface area contributed by atoms with Crippen LogP contribution in [0.25, 0.3) is 93.2 Å². The summed E-state index contributed by atoms with van der Waals surface area (Å²) in [4.78, 5) is 4.88. The molecule has 0 bridgehead atoms. The zero-order valence-electron chi connectivity index (χ0n) is 35.7. The number of hydrogen-bond acceptors (Lipinski definition) is 1. The lowest BCUT2D eigenvalue weighted by molar-refractivity contribution is 0.908. The molecule has 51 heavy (non-hydrogen) atoms. The number of nitrogens with zero attached hydrogens (tertiary/aromatic N) is 2. The van der Waals surface area contributed by atoms with E-state index >= 15 is 0 Å². The predicted molar refractivity (Wildman–Crippen MR) is 217 cm³/mol. The highest BCUT2D eigenvalue weighted by atomic mass is 15.1. The molecule has 9 aromatic carbocycles. The van der Waals surface area contributed by atoms with Gasteiger partial charge < -0.3 is 0 Å². The van der Waals surface area contributed by atoms with Gasteiger partial charge in [0.1, 0.15) is 5.82 Å². The summed E-state index contributed by atoms with van der Waals surface area (Å²) in [7, 11) is 0. The van der Waals surface area contributed by atoms with Crippen LogP contribution in [0.1, 0.15) is 23.7 Å². The molecule has 0 amide bonds. The summed E-state index contributed by atoms with van der Waals surface area (Å²) < 4.78 is 75.9. The van der Waals surface area contributed by atoms with Crippen LogP contribution in [0.2, 0.25) is 0 Å². The number of benzene rings is 9. The first-order chi connectivity index (χ1) is 28.6. The molecule has 0 atom stereocenters. The Morgan fingerprint density at radius 2 is 1.10 bits per heavy atom. The molecule has 240 valence electrons. The Bertz CT molecular complexity index is 3340. The Morgan fingerprint density at radius 3 is 1.84 bits per heavy atom. The van der Waals surface area contributed by atoms with Gasteiger partial charge in [0, 0.05) is 12.1 Å². The zero-order chi connectivity index (χ0) is 40.9. The highest BCUT2D eigenvalue weighted by Gasteiger charge is 2.19. The second-order valence-electron chi connectivity index (χ2n) is 12.8. The van der Waals surface area contributed by atoms with Gasteiger partial charge in [-0.1, -0.05) is 146 Å². The molecule has 10 rings (SSSR count). The third-order valence-electron chi connectivity index (χ3n) is 9.95. The van der Waals surface area contributed by atoms with Crippen LogP contribution >= 0.6 is 0 Å². The van der Waals surface area contributed by atoms with Crippen LogP contribution in [0, 0.1) is 0 Å². The number of aromatic nitrogens is 2. The molecular weight excluding hydrogens is 617 g/mol. The number of fused-ring (bicyclic) bond motifs is 6. The highest BCUT2D eigenvalue weighted by molar-refractivity contribution is 6.25. The maximum Gasteiger partial charge on any atom is 0.114 e. The standard InChI is InChI=1S/C49H34N2/c1-2-47-50-45-27-11-12-28-46(45)51(47)36-19-14-17-33(30-36)32-16-13-18-35(29-32)48-40-23-7-9-25-42(40)49(43-26-10-8-24-41(43)48)44-31-34-15-3-4-20-37(34)38-21-5-6-22-39(38)44/h3-31H,2H2,1H3/i7D,8D,9D,10D,23D,24D,25D,26D. The van der Waals surface area contributed by atoms with Crippen LogP contribution in [-0.4, -0.2) is 9.55 Å². The molecule has 0 fully saturated rings. The number of aryl methyl sites for hydroxylation is 1. The lowest BCUT2D eigenvalue weighted by Crippen LogP contribution is -2.00. The second-order valence-corrected chi connectivity index (χ2v) is 12.8. The average Bonchev–Trinajstić information content (AvgIpc) is 3.66. The first-order valence-corrected chi connectivity index (χ1v) is 17.1. The van der Waals surface area contributed by atoms with Gasteiger partial charge in [-0.15, -0.1) is 0 Å². The van der Waals surface area contributed by atoms with Crippen LogP contribution in [-0.2, 0) is 6.42 Å². The first-order valence-electron chi connectivity index (χ1n) is 21.1. The minimum atomic E-state index is -0.429. The van der Waals surface area contributed by atoms with Gasteiger partial charge in [-0.3, -0.25) is 4.57 Å². The van der Waals surface area contributed by atoms with E-state index in [1.807, 2.05) is 115 Å². The van der Waals surface area contributed by atoms with Gasteiger partial charge in [-0.2, -0.15) is 0 Å². The van der Waals surface area contributed by atoms with Crippen molar-refractivity contribution in [1.29, 1.82) is 0 Å². The molecule has 1 heterocycles. The minimum Gasteiger partial charge on any atom is -0.296 e. The lowest BCUT2D eigenvalue weighted by atomic mass is 9.83. The molecule has 2 nitrogen and oxygen atoms in total. The van der Waals surface area contributed by atoms with Crippen molar-refractivity contribution in [3.8, 4) is 39.1 Å². The Balaban J connectivity index is 1.33. The van der Waals surface area contributed by atoms with Crippen molar-refractivity contribution < 1.29 is 11.0 Å². The largest absolute Gasteiger partial charge is 0.296 e. The van der Waals surface area contributed by atoms with Gasteiger partial charge in [0.25, 0.3) is 0 Å². The Labute approximate surface area is 308 Å². The quantitative estimate of drug-likeness (QED) is 0.133. The van der Waals surface area contributed by atoms with Gasteiger partial charge in [0.15, 0.2) is 0 Å². The van der Waals surface area contributed by atoms with Gasteiger partial charge in [-0.25, -0.2) is 4.98 Å². The summed E-state index contributed by atoms with van der Waals surface area (Å²) >= 11 is 0. The van der Waals surface area contributed by atoms with E-state index in [1.54, 1.807) is 0 Å². The van der Waals surface area contributed by atoms with Crippen LogP contribution in [0.5, 0.6) is 0 Å². The fourth-order valence-corrected chi connectivity index (χ4v) is 7.72. The van der Waals surface area contributed by atoms with Crippen LogP contribution in [0.4, 0.5) is 0 Å². The van der Waals surface area contributed by atoms with Crippen molar-refractivity contribution >= 4 is 54.1 Å². The molecule has 0 N–H and O–H groups in total. The molecule has 0 spiro atoms. The monoisotopic (exact) mass is 658 g/mol. The van der Waals surface area contributed by atoms with E-state index in [2.05, 4.69) is 23.6 Å². The molecule has 10 aromatic rings. The van der Waals surface area contributed by atoms with Gasteiger partial charge in [0.05, 0.1) is 22.0 Å². The van der Waals surface area contributed by atoms with Crippen molar-refractivity contribution in [1.82, 2.24) is 9.55 Å². The molecule has 0 unspecified atom stereocenters. The van der Waals surface area contributed by atoms with E-state index < -0.39 is 24.2 Å². The second kappa shape index (κ2) is 11.8. The summed E-state index contributed by atoms with van der Waals surface area (Å²) in [6.45, 7) is 2.08. The number of para-hydroxylation sites is 2. The average molecular weight is 659 g/mol. The molecule has 0 saturated heterocycles. The fraction of sp³-hybridized carbons (Fsp3) is 0.0408. The van der Waals surface area contributed by atoms with E-state index in [4.69, 9.17) is 10.5 Å². The molecule has 0 aliphatic carbocycles. The Morgan fingerprint density at radius 1 is 0.510 bits per heavy atom. The maximum absolute atomic E-state index is 9.51. The molecule has 2 heteroatoms. The highest BCUT2D eigenvalue weighted by Crippen LogP contribution is 2.46. The summed E-state index contributed by atoms with van der Waals surface area (Å²) in [6, 6.07) is 38.6. The van der Waals surface area contributed by atoms with Crippen LogP contribution in [0.15, 0.2) is 176 Å². The number of imidazole rings is 1. The van der Waals surface area contributed by atoms with E-state index in [1.165, 1.54) is 0 Å².